The fraction of sp³-hybridized carbons (Fsp3) is 0.556. The van der Waals surface area contributed by atoms with Gasteiger partial charge in [-0.25, -0.2) is 0 Å². The van der Waals surface area contributed by atoms with E-state index in [1.807, 2.05) is 6.92 Å². The van der Waals surface area contributed by atoms with Gasteiger partial charge in [0.15, 0.2) is 0 Å². The number of allylic oxidation sites excluding steroid dienone is 3. The molecule has 1 radical (unpaired) electrons. The Bertz CT molecular complexity index is 90.2. The summed E-state index contributed by atoms with van der Waals surface area (Å²) < 4.78 is 0. The molecule has 0 aromatic carbocycles. The normalized spacial score (nSPS) is 14.0. The molecule has 0 saturated heterocycles. The van der Waals surface area contributed by atoms with Gasteiger partial charge in [-0.05, 0) is 25.7 Å². The van der Waals surface area contributed by atoms with Crippen LogP contribution in [0.2, 0.25) is 0 Å². The molecule has 51 valence electrons. The highest BCUT2D eigenvalue weighted by molar-refractivity contribution is 4.86. The molecule has 0 aliphatic carbocycles. The van der Waals surface area contributed by atoms with Crippen LogP contribution in [-0.4, -0.2) is 0 Å². The molecule has 0 aromatic rings. The van der Waals surface area contributed by atoms with E-state index in [1.54, 1.807) is 6.08 Å². The minimum atomic E-state index is 0.571. The Morgan fingerprint density at radius 1 is 1.56 bits per heavy atom. The van der Waals surface area contributed by atoms with Gasteiger partial charge in [0.25, 0.3) is 0 Å². The molecule has 1 unspecified atom stereocenters. The van der Waals surface area contributed by atoms with Crippen LogP contribution >= 0.6 is 0 Å². The van der Waals surface area contributed by atoms with Gasteiger partial charge in [0, 0.05) is 0 Å². The Morgan fingerprint density at radius 2 is 2.22 bits per heavy atom. The van der Waals surface area contributed by atoms with Crippen LogP contribution < -0.4 is 0 Å². The van der Waals surface area contributed by atoms with Gasteiger partial charge >= 0.3 is 0 Å². The summed E-state index contributed by atoms with van der Waals surface area (Å²) in [5.41, 5.74) is 0. The van der Waals surface area contributed by atoms with E-state index >= 15 is 0 Å². The second kappa shape index (κ2) is 5.61. The van der Waals surface area contributed by atoms with Gasteiger partial charge in [-0.2, -0.15) is 0 Å². The third-order valence-electron chi connectivity index (χ3n) is 1.47. The van der Waals surface area contributed by atoms with E-state index in [2.05, 4.69) is 19.1 Å². The van der Waals surface area contributed by atoms with Gasteiger partial charge in [0.1, 0.15) is 0 Å². The first-order chi connectivity index (χ1) is 4.35. The van der Waals surface area contributed by atoms with Gasteiger partial charge in [-0.15, -0.1) is 0 Å². The Labute approximate surface area is 58.3 Å². The highest BCUT2D eigenvalue weighted by Crippen LogP contribution is 2.08. The maximum atomic E-state index is 5.37. The molecular weight excluding hydrogens is 108 g/mol. The maximum absolute atomic E-state index is 5.37. The highest BCUT2D eigenvalue weighted by Gasteiger charge is 1.94. The molecule has 0 fully saturated rings. The average molecular weight is 123 g/mol. The zero-order chi connectivity index (χ0) is 7.11. The summed E-state index contributed by atoms with van der Waals surface area (Å²) in [6.07, 6.45) is 8.22. The summed E-state index contributed by atoms with van der Waals surface area (Å²) in [5, 5.41) is 0. The molecule has 9 heavy (non-hydrogen) atoms. The maximum Gasteiger partial charge on any atom is -0.0198 e. The van der Waals surface area contributed by atoms with E-state index < -0.39 is 0 Å². The zero-order valence-electron chi connectivity index (χ0n) is 6.30. The number of hydrogen-bond acceptors (Lipinski definition) is 0. The largest absolute Gasteiger partial charge is 0.0916 e. The fourth-order valence-corrected chi connectivity index (χ4v) is 0.692. The van der Waals surface area contributed by atoms with Crippen molar-refractivity contribution < 1.29 is 0 Å². The van der Waals surface area contributed by atoms with Crippen LogP contribution in [0, 0.1) is 12.5 Å². The van der Waals surface area contributed by atoms with Crippen LogP contribution in [0.5, 0.6) is 0 Å². The van der Waals surface area contributed by atoms with E-state index in [1.165, 1.54) is 0 Å². The van der Waals surface area contributed by atoms with Crippen molar-refractivity contribution >= 4 is 0 Å². The first-order valence-corrected chi connectivity index (χ1v) is 3.51. The van der Waals surface area contributed by atoms with E-state index in [0.29, 0.717) is 5.92 Å². The van der Waals surface area contributed by atoms with Gasteiger partial charge in [-0.3, -0.25) is 0 Å². The molecule has 0 saturated carbocycles. The molecule has 0 amide bonds. The van der Waals surface area contributed by atoms with Crippen molar-refractivity contribution in [2.75, 3.05) is 0 Å². The topological polar surface area (TPSA) is 0 Å². The van der Waals surface area contributed by atoms with Crippen molar-refractivity contribution in [3.63, 3.8) is 0 Å². The summed E-state index contributed by atoms with van der Waals surface area (Å²) in [6, 6.07) is 0. The molecule has 1 atom stereocenters. The third kappa shape index (κ3) is 4.01. The Kier molecular flexibility index (Phi) is 5.29. The van der Waals surface area contributed by atoms with Crippen molar-refractivity contribution in [3.05, 3.63) is 24.8 Å². The van der Waals surface area contributed by atoms with Gasteiger partial charge in [-0.1, -0.05) is 31.7 Å². The molecular formula is C9H15. The lowest BCUT2D eigenvalue weighted by Gasteiger charge is -2.02. The van der Waals surface area contributed by atoms with E-state index in [9.17, 15) is 0 Å². The lowest BCUT2D eigenvalue weighted by molar-refractivity contribution is 0.638. The molecule has 0 aliphatic rings. The minimum Gasteiger partial charge on any atom is -0.0916 e. The quantitative estimate of drug-likeness (QED) is 0.504. The second-order valence-electron chi connectivity index (χ2n) is 2.17. The molecule has 0 heterocycles. The van der Waals surface area contributed by atoms with Crippen molar-refractivity contribution in [2.24, 2.45) is 5.92 Å². The SMILES string of the molecule is [CH]=CC(CC)CC=CC. The van der Waals surface area contributed by atoms with E-state index in [0.717, 1.165) is 12.8 Å². The Balaban J connectivity index is 3.42. The zero-order valence-corrected chi connectivity index (χ0v) is 6.30. The van der Waals surface area contributed by atoms with Gasteiger partial charge in [0.05, 0.1) is 0 Å². The highest BCUT2D eigenvalue weighted by atomic mass is 14.0. The van der Waals surface area contributed by atoms with Crippen LogP contribution in [0.3, 0.4) is 0 Å². The predicted molar refractivity (Wildman–Crippen MR) is 42.1 cm³/mol. The molecule has 0 aromatic heterocycles. The monoisotopic (exact) mass is 123 g/mol. The van der Waals surface area contributed by atoms with Crippen molar-refractivity contribution in [1.29, 1.82) is 0 Å². The molecule has 0 bridgehead atoms. The molecule has 0 heteroatoms. The lowest BCUT2D eigenvalue weighted by atomic mass is 10.0. The summed E-state index contributed by atoms with van der Waals surface area (Å²) in [6.45, 7) is 9.55. The summed E-state index contributed by atoms with van der Waals surface area (Å²) in [4.78, 5) is 0. The van der Waals surface area contributed by atoms with Crippen LogP contribution in [0.1, 0.15) is 26.7 Å². The first kappa shape index (κ1) is 8.48. The summed E-state index contributed by atoms with van der Waals surface area (Å²) in [5.74, 6) is 0.571. The molecule has 0 rings (SSSR count). The van der Waals surface area contributed by atoms with Crippen molar-refractivity contribution in [1.82, 2.24) is 0 Å². The second-order valence-corrected chi connectivity index (χ2v) is 2.17. The smallest absolute Gasteiger partial charge is 0.0198 e. The lowest BCUT2D eigenvalue weighted by Crippen LogP contribution is -1.89. The van der Waals surface area contributed by atoms with Gasteiger partial charge < -0.3 is 0 Å². The summed E-state index contributed by atoms with van der Waals surface area (Å²) >= 11 is 0. The van der Waals surface area contributed by atoms with Crippen LogP contribution in [-0.2, 0) is 0 Å². The van der Waals surface area contributed by atoms with Crippen molar-refractivity contribution in [3.8, 4) is 0 Å². The number of rotatable bonds is 4. The third-order valence-corrected chi connectivity index (χ3v) is 1.47. The number of hydrogen-bond donors (Lipinski definition) is 0. The molecule has 0 N–H and O–H groups in total. The molecule has 0 spiro atoms. The Morgan fingerprint density at radius 3 is 2.56 bits per heavy atom. The van der Waals surface area contributed by atoms with Gasteiger partial charge in [0.2, 0.25) is 0 Å². The van der Waals surface area contributed by atoms with Crippen LogP contribution in [0.25, 0.3) is 0 Å². The minimum absolute atomic E-state index is 0.571. The van der Waals surface area contributed by atoms with E-state index in [-0.39, 0.29) is 0 Å². The fourth-order valence-electron chi connectivity index (χ4n) is 0.692. The average Bonchev–Trinajstić information content (AvgIpc) is 1.91. The molecule has 0 aliphatic heterocycles. The van der Waals surface area contributed by atoms with Crippen LogP contribution in [0.15, 0.2) is 18.2 Å². The predicted octanol–water partition coefficient (Wildman–Crippen LogP) is 2.97. The Hall–Kier alpha value is -0.520. The first-order valence-electron chi connectivity index (χ1n) is 3.51. The summed E-state index contributed by atoms with van der Waals surface area (Å²) in [7, 11) is 0. The standard InChI is InChI=1S/C9H15/c1-4-7-8-9(5-2)6-3/h2,4-5,7,9H,6,8H2,1,3H3. The molecule has 0 nitrogen and oxygen atoms in total. The van der Waals surface area contributed by atoms with Crippen LogP contribution in [0.4, 0.5) is 0 Å². The van der Waals surface area contributed by atoms with E-state index in [4.69, 9.17) is 6.58 Å². The van der Waals surface area contributed by atoms with Crippen molar-refractivity contribution in [2.45, 2.75) is 26.7 Å².